The molecule has 0 aliphatic rings. The van der Waals surface area contributed by atoms with Crippen LogP contribution in [-0.4, -0.2) is 16.0 Å². The second-order valence-electron chi connectivity index (χ2n) is 4.16. The molecule has 0 saturated carbocycles. The van der Waals surface area contributed by atoms with Crippen molar-refractivity contribution < 1.29 is 9.94 Å². The maximum Gasteiger partial charge on any atom is 0.171 e. The molecule has 3 N–H and O–H groups in total. The zero-order chi connectivity index (χ0) is 14.7. The highest BCUT2D eigenvalue weighted by Crippen LogP contribution is 2.25. The van der Waals surface area contributed by atoms with Crippen molar-refractivity contribution in [2.45, 2.75) is 20.5 Å². The van der Waals surface area contributed by atoms with Crippen LogP contribution in [0.4, 0.5) is 0 Å². The summed E-state index contributed by atoms with van der Waals surface area (Å²) in [6.07, 6.45) is 0. The lowest BCUT2D eigenvalue weighted by molar-refractivity contribution is 0.308. The number of oxime groups is 1. The molecule has 0 aliphatic heterocycles. The minimum atomic E-state index is -0.0320. The molecule has 0 saturated heterocycles. The topological polar surface area (TPSA) is 80.7 Å². The van der Waals surface area contributed by atoms with Gasteiger partial charge < -0.3 is 15.7 Å². The van der Waals surface area contributed by atoms with Crippen molar-refractivity contribution in [2.75, 3.05) is 0 Å². The van der Waals surface area contributed by atoms with E-state index in [0.717, 1.165) is 15.6 Å². The van der Waals surface area contributed by atoms with Gasteiger partial charge in [0.05, 0.1) is 20.6 Å². The second kappa shape index (κ2) is 6.11. The summed E-state index contributed by atoms with van der Waals surface area (Å²) in [5.74, 6) is 0.588. The van der Waals surface area contributed by atoms with E-state index in [1.807, 2.05) is 13.8 Å². The molecule has 0 radical (unpaired) electrons. The molecule has 1 aromatic heterocycles. The largest absolute Gasteiger partial charge is 0.488 e. The fourth-order valence-electron chi connectivity index (χ4n) is 1.70. The summed E-state index contributed by atoms with van der Waals surface area (Å²) in [6, 6.07) is 5.01. The summed E-state index contributed by atoms with van der Waals surface area (Å²) in [7, 11) is 0. The van der Waals surface area contributed by atoms with Gasteiger partial charge in [-0.15, -0.1) is 11.3 Å². The maximum absolute atomic E-state index is 8.63. The molecule has 2 aromatic rings. The summed E-state index contributed by atoms with van der Waals surface area (Å²) in [6.45, 7) is 4.36. The van der Waals surface area contributed by atoms with Crippen LogP contribution in [0.1, 0.15) is 21.1 Å². The first-order valence-electron chi connectivity index (χ1n) is 5.84. The van der Waals surface area contributed by atoms with E-state index in [4.69, 9.17) is 27.3 Å². The lowest BCUT2D eigenvalue weighted by Gasteiger charge is -2.08. The molecule has 0 aliphatic carbocycles. The molecule has 0 unspecified atom stereocenters. The number of halogens is 1. The summed E-state index contributed by atoms with van der Waals surface area (Å²) >= 11 is 7.67. The van der Waals surface area contributed by atoms with Crippen molar-refractivity contribution >= 4 is 28.8 Å². The molecule has 1 aromatic carbocycles. The fraction of sp³-hybridized carbons (Fsp3) is 0.231. The third-order valence-corrected chi connectivity index (χ3v) is 4.05. The average molecular weight is 312 g/mol. The number of nitrogens with two attached hydrogens (primary N) is 1. The van der Waals surface area contributed by atoms with Crippen molar-refractivity contribution in [3.63, 3.8) is 0 Å². The fourth-order valence-corrected chi connectivity index (χ4v) is 2.82. The van der Waals surface area contributed by atoms with Gasteiger partial charge in [-0.2, -0.15) is 0 Å². The first kappa shape index (κ1) is 14.6. The highest BCUT2D eigenvalue weighted by atomic mass is 35.5. The predicted octanol–water partition coefficient (Wildman–Crippen LogP) is 3.09. The quantitative estimate of drug-likeness (QED) is 0.393. The van der Waals surface area contributed by atoms with Crippen molar-refractivity contribution in [1.29, 1.82) is 0 Å². The molecule has 1 heterocycles. The second-order valence-corrected chi connectivity index (χ2v) is 5.85. The van der Waals surface area contributed by atoms with Gasteiger partial charge in [-0.25, -0.2) is 4.98 Å². The van der Waals surface area contributed by atoms with E-state index in [1.165, 1.54) is 0 Å². The molecular weight excluding hydrogens is 298 g/mol. The van der Waals surface area contributed by atoms with Crippen LogP contribution in [-0.2, 0) is 6.61 Å². The van der Waals surface area contributed by atoms with Crippen molar-refractivity contribution in [3.05, 3.63) is 44.4 Å². The van der Waals surface area contributed by atoms with Crippen LogP contribution in [0.25, 0.3) is 0 Å². The Bertz CT molecular complexity index is 655. The monoisotopic (exact) mass is 311 g/mol. The maximum atomic E-state index is 8.63. The predicted molar refractivity (Wildman–Crippen MR) is 79.9 cm³/mol. The molecule has 7 heteroatoms. The molecule has 0 bridgehead atoms. The molecule has 5 nitrogen and oxygen atoms in total. The first-order chi connectivity index (χ1) is 9.51. The van der Waals surface area contributed by atoms with Gasteiger partial charge in [0, 0.05) is 5.56 Å². The standard InChI is InChI=1S/C13H14ClN3O2S/c1-7-12(20-8(2)16-7)6-19-9-3-4-10(11(14)5-9)13(15)17-18/h3-5,18H,6H2,1-2H3,(H2,15,17). The van der Waals surface area contributed by atoms with Gasteiger partial charge in [0.15, 0.2) is 5.84 Å². The van der Waals surface area contributed by atoms with E-state index in [2.05, 4.69) is 10.1 Å². The van der Waals surface area contributed by atoms with Crippen LogP contribution in [0.15, 0.2) is 23.4 Å². The molecule has 0 amide bonds. The Labute approximate surface area is 125 Å². The highest BCUT2D eigenvalue weighted by Gasteiger charge is 2.09. The van der Waals surface area contributed by atoms with E-state index in [-0.39, 0.29) is 5.84 Å². The van der Waals surface area contributed by atoms with E-state index in [0.29, 0.717) is 22.9 Å². The number of nitrogens with zero attached hydrogens (tertiary/aromatic N) is 2. The Morgan fingerprint density at radius 1 is 1.50 bits per heavy atom. The molecule has 106 valence electrons. The van der Waals surface area contributed by atoms with Gasteiger partial charge in [0.1, 0.15) is 12.4 Å². The number of benzene rings is 1. The first-order valence-corrected chi connectivity index (χ1v) is 7.04. The Morgan fingerprint density at radius 3 is 2.80 bits per heavy atom. The van der Waals surface area contributed by atoms with Crippen LogP contribution in [0, 0.1) is 13.8 Å². The van der Waals surface area contributed by atoms with Crippen LogP contribution in [0.5, 0.6) is 5.75 Å². The minimum Gasteiger partial charge on any atom is -0.488 e. The number of aromatic nitrogens is 1. The van der Waals surface area contributed by atoms with Crippen LogP contribution in [0.3, 0.4) is 0 Å². The van der Waals surface area contributed by atoms with Gasteiger partial charge in [-0.1, -0.05) is 16.8 Å². The molecule has 2 rings (SSSR count). The van der Waals surface area contributed by atoms with E-state index >= 15 is 0 Å². The van der Waals surface area contributed by atoms with Crippen LogP contribution >= 0.6 is 22.9 Å². The Balaban J connectivity index is 2.11. The molecule has 0 fully saturated rings. The lowest BCUT2D eigenvalue weighted by atomic mass is 10.2. The minimum absolute atomic E-state index is 0.0320. The summed E-state index contributed by atoms with van der Waals surface area (Å²) in [5, 5.41) is 12.9. The van der Waals surface area contributed by atoms with Gasteiger partial charge >= 0.3 is 0 Å². The van der Waals surface area contributed by atoms with Crippen molar-refractivity contribution in [1.82, 2.24) is 4.98 Å². The van der Waals surface area contributed by atoms with E-state index in [9.17, 15) is 0 Å². The smallest absolute Gasteiger partial charge is 0.171 e. The number of thiazole rings is 1. The van der Waals surface area contributed by atoms with Gasteiger partial charge in [-0.05, 0) is 32.0 Å². The Morgan fingerprint density at radius 2 is 2.25 bits per heavy atom. The molecule has 20 heavy (non-hydrogen) atoms. The van der Waals surface area contributed by atoms with Gasteiger partial charge in [-0.3, -0.25) is 0 Å². The number of ether oxygens (including phenoxy) is 1. The van der Waals surface area contributed by atoms with Crippen molar-refractivity contribution in [3.8, 4) is 5.75 Å². The number of amidine groups is 1. The van der Waals surface area contributed by atoms with Crippen LogP contribution < -0.4 is 10.5 Å². The normalized spacial score (nSPS) is 11.7. The SMILES string of the molecule is Cc1nc(C)c(COc2ccc(/C(N)=N/O)c(Cl)c2)s1. The lowest BCUT2D eigenvalue weighted by Crippen LogP contribution is -2.13. The Hall–Kier alpha value is -1.79. The van der Waals surface area contributed by atoms with Crippen molar-refractivity contribution in [2.24, 2.45) is 10.9 Å². The van der Waals surface area contributed by atoms with E-state index in [1.54, 1.807) is 29.5 Å². The van der Waals surface area contributed by atoms with Crippen LogP contribution in [0.2, 0.25) is 5.02 Å². The number of rotatable bonds is 4. The zero-order valence-corrected chi connectivity index (χ0v) is 12.6. The summed E-state index contributed by atoms with van der Waals surface area (Å²) < 4.78 is 5.68. The summed E-state index contributed by atoms with van der Waals surface area (Å²) in [5.41, 5.74) is 6.94. The highest BCUT2D eigenvalue weighted by molar-refractivity contribution is 7.11. The average Bonchev–Trinajstić information content (AvgIpc) is 2.74. The zero-order valence-electron chi connectivity index (χ0n) is 11.1. The third-order valence-electron chi connectivity index (χ3n) is 2.69. The van der Waals surface area contributed by atoms with E-state index < -0.39 is 0 Å². The third kappa shape index (κ3) is 3.20. The summed E-state index contributed by atoms with van der Waals surface area (Å²) in [4.78, 5) is 5.42. The van der Waals surface area contributed by atoms with Gasteiger partial charge in [0.25, 0.3) is 0 Å². The number of hydrogen-bond acceptors (Lipinski definition) is 5. The number of aryl methyl sites for hydroxylation is 2. The Kier molecular flexibility index (Phi) is 4.46. The molecule has 0 atom stereocenters. The molecular formula is C13H14ClN3O2S. The molecule has 0 spiro atoms. The number of hydrogen-bond donors (Lipinski definition) is 2. The van der Waals surface area contributed by atoms with Gasteiger partial charge in [0.2, 0.25) is 0 Å².